The monoisotopic (exact) mass is 332 g/mol. The first-order valence-electron chi connectivity index (χ1n) is 9.49. The highest BCUT2D eigenvalue weighted by molar-refractivity contribution is 4.46. The molecule has 0 unspecified atom stereocenters. The van der Waals surface area contributed by atoms with Gasteiger partial charge in [-0.25, -0.2) is 0 Å². The Morgan fingerprint density at radius 2 is 0.913 bits per heavy atom. The van der Waals surface area contributed by atoms with Crippen molar-refractivity contribution in [2.75, 3.05) is 27.2 Å². The average molecular weight is 333 g/mol. The molecule has 0 N–H and O–H groups in total. The molecule has 0 aromatic rings. The molecule has 0 aliphatic carbocycles. The van der Waals surface area contributed by atoms with Crippen molar-refractivity contribution in [1.29, 1.82) is 0 Å². The SMILES string of the molecule is CCCCCCCC[N+](C)(C)CCCCCCCC.O=[N+]([O-])[O-]. The third kappa shape index (κ3) is 26.4. The van der Waals surface area contributed by atoms with E-state index >= 15 is 0 Å². The third-order valence-electron chi connectivity index (χ3n) is 4.23. The van der Waals surface area contributed by atoms with E-state index in [1.54, 1.807) is 0 Å². The largest absolute Gasteiger partial charge is 0.356 e. The number of unbranched alkanes of at least 4 members (excludes halogenated alkanes) is 10. The molecule has 0 atom stereocenters. The molecule has 0 radical (unpaired) electrons. The van der Waals surface area contributed by atoms with Gasteiger partial charge in [-0.2, -0.15) is 0 Å². The highest BCUT2D eigenvalue weighted by atomic mass is 16.9. The summed E-state index contributed by atoms with van der Waals surface area (Å²) < 4.78 is 1.24. The van der Waals surface area contributed by atoms with E-state index in [9.17, 15) is 0 Å². The van der Waals surface area contributed by atoms with Crippen LogP contribution >= 0.6 is 0 Å². The quantitative estimate of drug-likeness (QED) is 0.181. The molecule has 23 heavy (non-hydrogen) atoms. The Morgan fingerprint density at radius 1 is 0.652 bits per heavy atom. The van der Waals surface area contributed by atoms with E-state index in [0.29, 0.717) is 0 Å². The van der Waals surface area contributed by atoms with Crippen molar-refractivity contribution in [3.05, 3.63) is 15.3 Å². The van der Waals surface area contributed by atoms with Crippen LogP contribution in [-0.2, 0) is 0 Å². The maximum absolute atomic E-state index is 8.25. The van der Waals surface area contributed by atoms with Crippen molar-refractivity contribution in [3.63, 3.8) is 0 Å². The molecular formula is C18H40N2O3. The van der Waals surface area contributed by atoms with Gasteiger partial charge in [0, 0.05) is 0 Å². The fourth-order valence-electron chi connectivity index (χ4n) is 2.75. The first kappa shape index (κ1) is 24.4. The summed E-state index contributed by atoms with van der Waals surface area (Å²) in [4.78, 5) is 8.25. The van der Waals surface area contributed by atoms with E-state index in [1.807, 2.05) is 0 Å². The number of rotatable bonds is 14. The van der Waals surface area contributed by atoms with E-state index in [1.165, 1.54) is 94.6 Å². The fourth-order valence-corrected chi connectivity index (χ4v) is 2.75. The van der Waals surface area contributed by atoms with Gasteiger partial charge in [0.1, 0.15) is 0 Å². The van der Waals surface area contributed by atoms with Gasteiger partial charge in [-0.1, -0.05) is 65.2 Å². The zero-order valence-corrected chi connectivity index (χ0v) is 16.0. The molecule has 0 rings (SSSR count). The van der Waals surface area contributed by atoms with Crippen molar-refractivity contribution in [2.24, 2.45) is 0 Å². The van der Waals surface area contributed by atoms with Gasteiger partial charge in [0.25, 0.3) is 0 Å². The lowest BCUT2D eigenvalue weighted by Gasteiger charge is -2.30. The minimum Gasteiger partial charge on any atom is -0.356 e. The summed E-state index contributed by atoms with van der Waals surface area (Å²) in [6.07, 6.45) is 17.1. The molecule has 0 fully saturated rings. The minimum absolute atomic E-state index is 1.24. The van der Waals surface area contributed by atoms with Crippen LogP contribution in [0.2, 0.25) is 0 Å². The first-order chi connectivity index (χ1) is 10.9. The Morgan fingerprint density at radius 3 is 1.22 bits per heavy atom. The van der Waals surface area contributed by atoms with Gasteiger partial charge >= 0.3 is 0 Å². The molecule has 0 spiro atoms. The van der Waals surface area contributed by atoms with Gasteiger partial charge in [0.15, 0.2) is 0 Å². The molecule has 5 heteroatoms. The summed E-state index contributed by atoms with van der Waals surface area (Å²) in [6.45, 7) is 7.34. The number of hydrogen-bond donors (Lipinski definition) is 0. The molecule has 0 amide bonds. The summed E-state index contributed by atoms with van der Waals surface area (Å²) in [5.41, 5.74) is 0. The molecule has 140 valence electrons. The van der Waals surface area contributed by atoms with Crippen molar-refractivity contribution in [3.8, 4) is 0 Å². The van der Waals surface area contributed by atoms with Gasteiger partial charge < -0.3 is 19.8 Å². The summed E-state index contributed by atoms with van der Waals surface area (Å²) in [6, 6.07) is 0. The predicted octanol–water partition coefficient (Wildman–Crippen LogP) is 5.54. The number of quaternary nitrogens is 1. The number of hydrogen-bond acceptors (Lipinski definition) is 3. The van der Waals surface area contributed by atoms with Crippen molar-refractivity contribution in [1.82, 2.24) is 0 Å². The normalized spacial score (nSPS) is 11.0. The van der Waals surface area contributed by atoms with E-state index in [-0.39, 0.29) is 0 Å². The second-order valence-corrected chi connectivity index (χ2v) is 7.14. The van der Waals surface area contributed by atoms with Crippen LogP contribution in [0.5, 0.6) is 0 Å². The van der Waals surface area contributed by atoms with Crippen molar-refractivity contribution < 1.29 is 9.57 Å². The lowest BCUT2D eigenvalue weighted by atomic mass is 10.1. The maximum Gasteiger partial charge on any atom is 0.0782 e. The highest BCUT2D eigenvalue weighted by Crippen LogP contribution is 2.11. The maximum atomic E-state index is 8.25. The summed E-state index contributed by atoms with van der Waals surface area (Å²) in [5, 5.41) is 14.8. The third-order valence-corrected chi connectivity index (χ3v) is 4.23. The van der Waals surface area contributed by atoms with Crippen molar-refractivity contribution in [2.45, 2.75) is 90.9 Å². The Hall–Kier alpha value is -0.840. The summed E-state index contributed by atoms with van der Waals surface area (Å²) >= 11 is 0. The molecule has 0 aliphatic rings. The van der Waals surface area contributed by atoms with Gasteiger partial charge in [-0.15, -0.1) is 0 Å². The lowest BCUT2D eigenvalue weighted by Crippen LogP contribution is -2.41. The molecule has 0 aliphatic heterocycles. The van der Waals surface area contributed by atoms with Crippen LogP contribution in [0.4, 0.5) is 0 Å². The van der Waals surface area contributed by atoms with Crippen molar-refractivity contribution >= 4 is 0 Å². The fraction of sp³-hybridized carbons (Fsp3) is 1.00. The molecule has 0 aromatic heterocycles. The van der Waals surface area contributed by atoms with E-state index in [0.717, 1.165) is 0 Å². The molecule has 0 saturated heterocycles. The summed E-state index contributed by atoms with van der Waals surface area (Å²) in [7, 11) is 4.83. The zero-order chi connectivity index (χ0) is 18.0. The van der Waals surface area contributed by atoms with Crippen LogP contribution in [-0.4, -0.2) is 36.8 Å². The molecule has 0 saturated carbocycles. The topological polar surface area (TPSA) is 66.2 Å². The Labute approximate surface area is 143 Å². The zero-order valence-electron chi connectivity index (χ0n) is 16.0. The Balaban J connectivity index is 0. The smallest absolute Gasteiger partial charge is 0.0782 e. The minimum atomic E-state index is -1.75. The van der Waals surface area contributed by atoms with Gasteiger partial charge in [-0.3, -0.25) is 0 Å². The van der Waals surface area contributed by atoms with Crippen LogP contribution in [0.1, 0.15) is 90.9 Å². The molecule has 5 nitrogen and oxygen atoms in total. The summed E-state index contributed by atoms with van der Waals surface area (Å²) in [5.74, 6) is 0. The molecule has 0 aromatic carbocycles. The molecule has 0 bridgehead atoms. The molecular weight excluding hydrogens is 292 g/mol. The van der Waals surface area contributed by atoms with Crippen LogP contribution in [0.25, 0.3) is 0 Å². The number of nitrogens with zero attached hydrogens (tertiary/aromatic N) is 2. The van der Waals surface area contributed by atoms with Crippen LogP contribution in [0, 0.1) is 15.3 Å². The standard InChI is InChI=1S/C18H40N.NO3/c1-5-7-9-11-13-15-17-19(3,4)18-16-14-12-10-8-6-2;2-1(3)4/h5-18H2,1-4H3;/q+1;-1. The predicted molar refractivity (Wildman–Crippen MR) is 99.0 cm³/mol. The second kappa shape index (κ2) is 17.5. The van der Waals surface area contributed by atoms with Crippen LogP contribution in [0.15, 0.2) is 0 Å². The first-order valence-corrected chi connectivity index (χ1v) is 9.49. The van der Waals surface area contributed by atoms with E-state index in [2.05, 4.69) is 27.9 Å². The van der Waals surface area contributed by atoms with Gasteiger partial charge in [-0.05, 0) is 25.7 Å². The van der Waals surface area contributed by atoms with Gasteiger partial charge in [0.2, 0.25) is 0 Å². The second-order valence-electron chi connectivity index (χ2n) is 7.14. The average Bonchev–Trinajstić information content (AvgIpc) is 2.46. The van der Waals surface area contributed by atoms with E-state index in [4.69, 9.17) is 15.3 Å². The lowest BCUT2D eigenvalue weighted by molar-refractivity contribution is -0.890. The van der Waals surface area contributed by atoms with Crippen LogP contribution in [0.3, 0.4) is 0 Å². The Bertz CT molecular complexity index is 237. The molecule has 0 heterocycles. The van der Waals surface area contributed by atoms with Gasteiger partial charge in [0.05, 0.1) is 32.3 Å². The Kier molecular flexibility index (Phi) is 18.6. The van der Waals surface area contributed by atoms with E-state index < -0.39 is 5.09 Å². The highest BCUT2D eigenvalue weighted by Gasteiger charge is 2.13. The van der Waals surface area contributed by atoms with Crippen LogP contribution < -0.4 is 0 Å².